The van der Waals surface area contributed by atoms with E-state index in [4.69, 9.17) is 15.0 Å². The molecular weight excluding hydrogens is 430 g/mol. The number of aromatic nitrogens is 4. The second-order valence-corrected chi connectivity index (χ2v) is 9.35. The van der Waals surface area contributed by atoms with Crippen LogP contribution >= 0.6 is 0 Å². The van der Waals surface area contributed by atoms with Gasteiger partial charge in [-0.2, -0.15) is 0 Å². The molecule has 0 unspecified atom stereocenters. The van der Waals surface area contributed by atoms with Gasteiger partial charge in [-0.3, -0.25) is 4.90 Å². The lowest BCUT2D eigenvalue weighted by Gasteiger charge is -2.29. The molecule has 0 radical (unpaired) electrons. The molecule has 5 heterocycles. The van der Waals surface area contributed by atoms with Crippen molar-refractivity contribution in [2.24, 2.45) is 0 Å². The molecule has 1 fully saturated rings. The van der Waals surface area contributed by atoms with Crippen LogP contribution < -0.4 is 10.2 Å². The number of nitrogens with one attached hydrogen (secondary N) is 1. The fourth-order valence-electron chi connectivity index (χ4n) is 4.86. The summed E-state index contributed by atoms with van der Waals surface area (Å²) in [5.41, 5.74) is 3.97. The number of fused-ring (bicyclic) bond motifs is 2. The lowest BCUT2D eigenvalue weighted by molar-refractivity contribution is 0.183. The molecule has 180 valence electrons. The van der Waals surface area contributed by atoms with Gasteiger partial charge in [0.25, 0.3) is 0 Å². The van der Waals surface area contributed by atoms with Crippen molar-refractivity contribution >= 4 is 28.5 Å². The number of piperidine rings is 1. The molecular formula is C25H33N7O2. The number of nitrogens with zero attached hydrogens (tertiary/aromatic N) is 6. The zero-order valence-corrected chi connectivity index (χ0v) is 19.7. The van der Waals surface area contributed by atoms with Crippen LogP contribution in [-0.2, 0) is 19.4 Å². The summed E-state index contributed by atoms with van der Waals surface area (Å²) in [5.74, 6) is 2.11. The van der Waals surface area contributed by atoms with Crippen LogP contribution in [-0.4, -0.2) is 73.9 Å². The maximum absolute atomic E-state index is 9.90. The summed E-state index contributed by atoms with van der Waals surface area (Å²) in [5, 5.41) is 23.3. The SMILES string of the molecule is C[C@H](O)Cc1cc2cnc(Nc3ccc4c(n3)CCN(CCO)C4)nc2c(N2CCCCC2)n1. The topological polar surface area (TPSA) is 111 Å². The van der Waals surface area contributed by atoms with E-state index in [0.717, 1.165) is 79.4 Å². The Bertz CT molecular complexity index is 1150. The van der Waals surface area contributed by atoms with Gasteiger partial charge in [-0.25, -0.2) is 19.9 Å². The maximum Gasteiger partial charge on any atom is 0.229 e. The first-order valence-corrected chi connectivity index (χ1v) is 12.3. The second kappa shape index (κ2) is 10.2. The van der Waals surface area contributed by atoms with Crippen LogP contribution in [0.3, 0.4) is 0 Å². The highest BCUT2D eigenvalue weighted by atomic mass is 16.3. The Hall–Kier alpha value is -2.88. The van der Waals surface area contributed by atoms with Crippen LogP contribution in [0.1, 0.15) is 43.1 Å². The summed E-state index contributed by atoms with van der Waals surface area (Å²) < 4.78 is 0. The lowest BCUT2D eigenvalue weighted by Crippen LogP contribution is -2.33. The van der Waals surface area contributed by atoms with Gasteiger partial charge in [0.05, 0.1) is 12.7 Å². The number of β-amino-alcohol motifs (C(OH)–C–C–N with tert-alkyl or cyclic N) is 1. The minimum atomic E-state index is -0.452. The van der Waals surface area contributed by atoms with Crippen LogP contribution in [0.5, 0.6) is 0 Å². The van der Waals surface area contributed by atoms with Crippen LogP contribution in [0.25, 0.3) is 10.9 Å². The predicted molar refractivity (Wildman–Crippen MR) is 132 cm³/mol. The first-order chi connectivity index (χ1) is 16.6. The second-order valence-electron chi connectivity index (χ2n) is 9.35. The number of rotatable bonds is 7. The van der Waals surface area contributed by atoms with Gasteiger partial charge < -0.3 is 20.4 Å². The zero-order chi connectivity index (χ0) is 23.5. The molecule has 34 heavy (non-hydrogen) atoms. The quantitative estimate of drug-likeness (QED) is 0.486. The molecule has 9 nitrogen and oxygen atoms in total. The van der Waals surface area contributed by atoms with Crippen molar-refractivity contribution in [3.8, 4) is 0 Å². The number of hydrogen-bond donors (Lipinski definition) is 3. The van der Waals surface area contributed by atoms with Crippen molar-refractivity contribution in [3.63, 3.8) is 0 Å². The molecule has 5 rings (SSSR count). The normalized spacial score (nSPS) is 17.6. The Labute approximate surface area is 199 Å². The molecule has 0 aromatic carbocycles. The van der Waals surface area contributed by atoms with Crippen molar-refractivity contribution < 1.29 is 10.2 Å². The molecule has 0 saturated carbocycles. The van der Waals surface area contributed by atoms with Crippen molar-refractivity contribution in [2.75, 3.05) is 43.0 Å². The fraction of sp³-hybridized carbons (Fsp3) is 0.520. The van der Waals surface area contributed by atoms with Gasteiger partial charge in [0.2, 0.25) is 5.95 Å². The van der Waals surface area contributed by atoms with Crippen molar-refractivity contribution in [2.45, 2.75) is 51.7 Å². The molecule has 2 aliphatic rings. The molecule has 0 aliphatic carbocycles. The van der Waals surface area contributed by atoms with Crippen LogP contribution in [0.15, 0.2) is 24.4 Å². The van der Waals surface area contributed by atoms with E-state index in [2.05, 4.69) is 26.2 Å². The molecule has 1 saturated heterocycles. The highest BCUT2D eigenvalue weighted by molar-refractivity contribution is 5.89. The van der Waals surface area contributed by atoms with Crippen LogP contribution in [0.4, 0.5) is 17.6 Å². The minimum Gasteiger partial charge on any atom is -0.395 e. The zero-order valence-electron chi connectivity index (χ0n) is 19.7. The highest BCUT2D eigenvalue weighted by Crippen LogP contribution is 2.28. The Kier molecular flexibility index (Phi) is 6.85. The molecule has 2 aliphatic heterocycles. The lowest BCUT2D eigenvalue weighted by atomic mass is 10.1. The maximum atomic E-state index is 9.90. The average molecular weight is 464 g/mol. The molecule has 1 atom stereocenters. The molecule has 3 N–H and O–H groups in total. The molecule has 0 bridgehead atoms. The molecule has 0 amide bonds. The number of aliphatic hydroxyl groups is 2. The Morgan fingerprint density at radius 1 is 1.09 bits per heavy atom. The average Bonchev–Trinajstić information content (AvgIpc) is 2.84. The first kappa shape index (κ1) is 22.9. The monoisotopic (exact) mass is 463 g/mol. The summed E-state index contributed by atoms with van der Waals surface area (Å²) in [6, 6.07) is 6.04. The standard InChI is InChI=1S/C25H33N7O2/c1-17(34)13-20-14-19-15-26-25(30-23(19)24(27-20)32-8-3-2-4-9-32)29-22-6-5-18-16-31(11-12-33)10-7-21(18)28-22/h5-6,14-15,17,33-34H,2-4,7-13,16H2,1H3,(H,26,28,29,30)/t17-/m0/s1. The van der Waals surface area contributed by atoms with Gasteiger partial charge in [0.15, 0.2) is 5.82 Å². The van der Waals surface area contributed by atoms with E-state index in [1.165, 1.54) is 12.0 Å². The van der Waals surface area contributed by atoms with Crippen molar-refractivity contribution in [3.05, 3.63) is 41.3 Å². The number of hydrogen-bond acceptors (Lipinski definition) is 9. The van der Waals surface area contributed by atoms with E-state index < -0.39 is 6.10 Å². The summed E-state index contributed by atoms with van der Waals surface area (Å²) >= 11 is 0. The van der Waals surface area contributed by atoms with Gasteiger partial charge >= 0.3 is 0 Å². The van der Waals surface area contributed by atoms with Crippen molar-refractivity contribution in [1.29, 1.82) is 0 Å². The Balaban J connectivity index is 1.43. The van der Waals surface area contributed by atoms with E-state index in [1.807, 2.05) is 18.3 Å². The van der Waals surface area contributed by atoms with Gasteiger partial charge in [0.1, 0.15) is 11.3 Å². The van der Waals surface area contributed by atoms with Crippen LogP contribution in [0, 0.1) is 0 Å². The summed E-state index contributed by atoms with van der Waals surface area (Å²) in [6.45, 7) is 6.30. The molecule has 0 spiro atoms. The summed E-state index contributed by atoms with van der Waals surface area (Å²) in [6.07, 6.45) is 6.28. The van der Waals surface area contributed by atoms with Crippen molar-refractivity contribution in [1.82, 2.24) is 24.8 Å². The smallest absolute Gasteiger partial charge is 0.229 e. The fourth-order valence-corrected chi connectivity index (χ4v) is 4.86. The van der Waals surface area contributed by atoms with Crippen LogP contribution in [0.2, 0.25) is 0 Å². The molecule has 3 aromatic heterocycles. The van der Waals surface area contributed by atoms with E-state index in [1.54, 1.807) is 6.92 Å². The molecule has 3 aromatic rings. The first-order valence-electron chi connectivity index (χ1n) is 12.3. The van der Waals surface area contributed by atoms with E-state index in [-0.39, 0.29) is 6.61 Å². The third-order valence-electron chi connectivity index (χ3n) is 6.54. The van der Waals surface area contributed by atoms with Gasteiger partial charge in [0, 0.05) is 68.5 Å². The number of pyridine rings is 2. The predicted octanol–water partition coefficient (Wildman–Crippen LogP) is 2.43. The minimum absolute atomic E-state index is 0.177. The largest absolute Gasteiger partial charge is 0.395 e. The Morgan fingerprint density at radius 3 is 2.74 bits per heavy atom. The number of aliphatic hydroxyl groups excluding tert-OH is 2. The van der Waals surface area contributed by atoms with E-state index in [9.17, 15) is 10.2 Å². The third-order valence-corrected chi connectivity index (χ3v) is 6.54. The summed E-state index contributed by atoms with van der Waals surface area (Å²) in [4.78, 5) is 23.7. The Morgan fingerprint density at radius 2 is 1.94 bits per heavy atom. The third kappa shape index (κ3) is 5.11. The number of anilines is 3. The summed E-state index contributed by atoms with van der Waals surface area (Å²) in [7, 11) is 0. The highest BCUT2D eigenvalue weighted by Gasteiger charge is 2.20. The van der Waals surface area contributed by atoms with Gasteiger partial charge in [-0.15, -0.1) is 0 Å². The van der Waals surface area contributed by atoms with Gasteiger partial charge in [-0.05, 0) is 43.9 Å². The van der Waals surface area contributed by atoms with Gasteiger partial charge in [-0.1, -0.05) is 6.07 Å². The van der Waals surface area contributed by atoms with E-state index >= 15 is 0 Å². The molecule has 9 heteroatoms. The van der Waals surface area contributed by atoms with E-state index in [0.29, 0.717) is 18.9 Å².